The molecule has 0 aliphatic carbocycles. The normalized spacial score (nSPS) is 13.0. The van der Waals surface area contributed by atoms with E-state index in [-0.39, 0.29) is 5.34 Å². The van der Waals surface area contributed by atoms with E-state index in [1.54, 1.807) is 0 Å². The summed E-state index contributed by atoms with van der Waals surface area (Å²) < 4.78 is 4.70. The van der Waals surface area contributed by atoms with Gasteiger partial charge in [-0.3, -0.25) is 4.90 Å². The number of rotatable bonds is 8. The number of benzene rings is 6. The fraction of sp³-hybridized carbons (Fsp3) is 0.0870. The van der Waals surface area contributed by atoms with Crippen molar-refractivity contribution in [2.75, 3.05) is 5.34 Å². The van der Waals surface area contributed by atoms with Crippen molar-refractivity contribution in [1.82, 2.24) is 14.4 Å². The van der Waals surface area contributed by atoms with E-state index in [0.717, 1.165) is 19.8 Å². The lowest BCUT2D eigenvalue weighted by atomic mass is 9.13. The molecule has 6 aromatic carbocycles. The molecule has 0 N–H and O–H groups in total. The van der Waals surface area contributed by atoms with E-state index >= 15 is 0 Å². The highest BCUT2D eigenvalue weighted by atomic mass is 35.5. The minimum atomic E-state index is -1.22. The molecular weight excluding hydrogens is 721 g/mol. The number of alkyl halides is 2. The summed E-state index contributed by atoms with van der Waals surface area (Å²) >= 11 is 9.53. The zero-order valence-electron chi connectivity index (χ0n) is 30.0. The predicted octanol–water partition coefficient (Wildman–Crippen LogP) is 7.23. The van der Waals surface area contributed by atoms with Crippen molar-refractivity contribution < 1.29 is 4.57 Å². The van der Waals surface area contributed by atoms with Gasteiger partial charge in [-0.2, -0.15) is 21.9 Å². The van der Waals surface area contributed by atoms with Crippen molar-refractivity contribution in [3.05, 3.63) is 218 Å². The Morgan fingerprint density at radius 2 is 0.907 bits per heavy atom. The molecule has 268 valence electrons. The highest BCUT2D eigenvalue weighted by Gasteiger charge is 2.32. The van der Waals surface area contributed by atoms with Crippen molar-refractivity contribution >= 4 is 70.5 Å². The Balaban J connectivity index is 0.000000156. The first-order valence-corrected chi connectivity index (χ1v) is 20.1. The second-order valence-corrected chi connectivity index (χ2v) is 15.1. The molecule has 9 rings (SSSR count). The van der Waals surface area contributed by atoms with Crippen molar-refractivity contribution in [2.45, 2.75) is 19.8 Å². The van der Waals surface area contributed by atoms with E-state index in [2.05, 4.69) is 226 Å². The Labute approximate surface area is 330 Å². The number of imidazole rings is 1. The van der Waals surface area contributed by atoms with E-state index in [0.29, 0.717) is 0 Å². The molecule has 0 fully saturated rings. The summed E-state index contributed by atoms with van der Waals surface area (Å²) in [7, 11) is 1.24. The maximum Gasteiger partial charge on any atom is 0.312 e. The van der Waals surface area contributed by atoms with Gasteiger partial charge < -0.3 is 4.90 Å². The van der Waals surface area contributed by atoms with Crippen LogP contribution < -0.4 is 32.0 Å². The molecule has 2 aliphatic rings. The summed E-state index contributed by atoms with van der Waals surface area (Å²) in [6, 6.07) is 64.9. The van der Waals surface area contributed by atoms with Crippen molar-refractivity contribution in [3.63, 3.8) is 0 Å². The van der Waals surface area contributed by atoms with Crippen LogP contribution in [0.1, 0.15) is 11.1 Å². The van der Waals surface area contributed by atoms with E-state index in [4.69, 9.17) is 23.2 Å². The number of hydrogen-bond acceptors (Lipinski definition) is 2. The molecule has 0 amide bonds. The fourth-order valence-electron chi connectivity index (χ4n) is 7.58. The highest BCUT2D eigenvalue weighted by Crippen LogP contribution is 2.22. The molecule has 0 saturated heterocycles. The lowest BCUT2D eigenvalue weighted by Gasteiger charge is -2.44. The summed E-state index contributed by atoms with van der Waals surface area (Å²) in [6.07, 6.45) is 7.56. The molecule has 0 atom stereocenters. The summed E-state index contributed by atoms with van der Waals surface area (Å²) in [5.74, 6) is 0. The highest BCUT2D eigenvalue weighted by molar-refractivity contribution is 7.48. The van der Waals surface area contributed by atoms with Crippen molar-refractivity contribution in [1.29, 1.82) is 0 Å². The first-order valence-electron chi connectivity index (χ1n) is 18.2. The Kier molecular flexibility index (Phi) is 12.4. The molecule has 1 aromatic heterocycles. The number of hydrogen-bond donors (Lipinski definition) is 0. The number of halogens is 2. The zero-order chi connectivity index (χ0) is 37.0. The first kappa shape index (κ1) is 37.0. The van der Waals surface area contributed by atoms with Gasteiger partial charge in [-0.15, -0.1) is 23.2 Å². The van der Waals surface area contributed by atoms with E-state index in [1.165, 1.54) is 52.3 Å². The molecule has 7 aromatic rings. The Morgan fingerprint density at radius 3 is 1.33 bits per heavy atom. The predicted molar refractivity (Wildman–Crippen MR) is 231 cm³/mol. The van der Waals surface area contributed by atoms with E-state index in [1.807, 2.05) is 0 Å². The second kappa shape index (κ2) is 18.1. The lowest BCUT2D eigenvalue weighted by molar-refractivity contribution is -0.693. The Bertz CT molecular complexity index is 2090. The van der Waals surface area contributed by atoms with Crippen LogP contribution in [0.4, 0.5) is 0 Å². The van der Waals surface area contributed by atoms with Crippen LogP contribution in [0.25, 0.3) is 0 Å². The minimum absolute atomic E-state index is 0.194. The third-order valence-corrected chi connectivity index (χ3v) is 11.4. The number of nitrogens with zero attached hydrogens (tertiary/aromatic N) is 4. The van der Waals surface area contributed by atoms with Gasteiger partial charge in [0.2, 0.25) is 0 Å². The molecule has 54 heavy (non-hydrogen) atoms. The average molecular weight is 764 g/mol. The molecule has 0 saturated carbocycles. The van der Waals surface area contributed by atoms with Crippen molar-refractivity contribution in [3.8, 4) is 0 Å². The smallest absolute Gasteiger partial charge is 0.312 e. The molecule has 8 heteroatoms. The molecule has 0 radical (unpaired) electrons. The van der Waals surface area contributed by atoms with Gasteiger partial charge in [-0.1, -0.05) is 182 Å². The van der Waals surface area contributed by atoms with Crippen LogP contribution >= 0.6 is 31.4 Å². The minimum Gasteiger partial charge on any atom is -0.324 e. The fourth-order valence-corrected chi connectivity index (χ4v) is 8.81. The van der Waals surface area contributed by atoms with Crippen molar-refractivity contribution in [2.24, 2.45) is 0 Å². The average Bonchev–Trinajstić information content (AvgIpc) is 3.83. The van der Waals surface area contributed by atoms with Gasteiger partial charge in [-0.05, 0) is 11.1 Å². The summed E-state index contributed by atoms with van der Waals surface area (Å²) in [4.78, 5) is 4.70. The molecule has 0 unspecified atom stereocenters. The van der Waals surface area contributed by atoms with Crippen LogP contribution in [0.2, 0.25) is 0 Å². The van der Waals surface area contributed by atoms with Crippen LogP contribution in [0.15, 0.2) is 207 Å². The zero-order valence-corrected chi connectivity index (χ0v) is 32.4. The topological polar surface area (TPSA) is 15.3 Å². The Hall–Kier alpha value is -5.32. The summed E-state index contributed by atoms with van der Waals surface area (Å²) in [5.41, 5.74) is 10.7. The van der Waals surface area contributed by atoms with E-state index in [9.17, 15) is 0 Å². The lowest BCUT2D eigenvalue weighted by Crippen LogP contribution is -2.74. The molecule has 4 nitrogen and oxygen atoms in total. The summed E-state index contributed by atoms with van der Waals surface area (Å²) in [6.45, 7) is 2.70. The van der Waals surface area contributed by atoms with Gasteiger partial charge in [0.1, 0.15) is 25.1 Å². The van der Waals surface area contributed by atoms with Crippen LogP contribution in [0.5, 0.6) is 0 Å². The largest absolute Gasteiger partial charge is 0.324 e. The Morgan fingerprint density at radius 1 is 0.519 bits per heavy atom. The van der Waals surface area contributed by atoms with Crippen LogP contribution in [-0.2, 0) is 19.8 Å². The first-order chi connectivity index (χ1) is 26.7. The van der Waals surface area contributed by atoms with E-state index < -0.39 is 6.15 Å². The van der Waals surface area contributed by atoms with Gasteiger partial charge in [-0.25, -0.2) is 9.13 Å². The molecule has 0 spiro atoms. The second-order valence-electron chi connectivity index (χ2n) is 13.2. The maximum atomic E-state index is 4.76. The van der Waals surface area contributed by atoms with Crippen LogP contribution in [0, 0.1) is 0 Å². The third-order valence-electron chi connectivity index (χ3n) is 9.98. The standard InChI is InChI=1S/C24H20B.C21H20N4P.CH2Cl2/c1-5-13-21(14-6-1)25(22-15-7-2-8-16-22,23-17-9-3-10-18-23)24-19-11-4-12-20-24;1-3-7-18(8-4-1)15-22-11-13-24-17-25-14-12-23(21(25)26-20(22)24)16-19-9-5-2-6-10-19;2-1-3/h1-20H;1-14H,15-17H2;1H2/q-1;+1;. The maximum absolute atomic E-state index is 4.76. The van der Waals surface area contributed by atoms with Gasteiger partial charge in [0.05, 0.1) is 13.5 Å². The van der Waals surface area contributed by atoms with Gasteiger partial charge in [0, 0.05) is 18.9 Å². The quantitative estimate of drug-likeness (QED) is 0.0704. The molecule has 2 aliphatic heterocycles. The van der Waals surface area contributed by atoms with Gasteiger partial charge in [0.15, 0.2) is 12.2 Å². The monoisotopic (exact) mass is 762 g/mol. The van der Waals surface area contributed by atoms with Crippen LogP contribution in [0.3, 0.4) is 0 Å². The molecule has 3 heterocycles. The van der Waals surface area contributed by atoms with Gasteiger partial charge in [0.25, 0.3) is 0 Å². The number of fused-ring (bicyclic) bond motifs is 2. The SMILES string of the molecule is C1=CN2C[n+]3ccn(Cc4ccccc4)c3P=C2N1Cc1ccccc1.ClCCl.c1ccc([B-](c2ccccc2)(c2ccccc2)c2ccccc2)cc1. The van der Waals surface area contributed by atoms with Crippen LogP contribution in [-0.4, -0.2) is 31.4 Å². The third kappa shape index (κ3) is 8.25. The molecule has 0 bridgehead atoms. The number of aromatic nitrogens is 2. The molecular formula is C46H42BCl2N4P. The summed E-state index contributed by atoms with van der Waals surface area (Å²) in [5, 5.41) is 0.194. The van der Waals surface area contributed by atoms with Gasteiger partial charge >= 0.3 is 5.57 Å².